The number of rotatable bonds is 4. The van der Waals surface area contributed by atoms with Crippen LogP contribution in [0.15, 0.2) is 18.5 Å². The van der Waals surface area contributed by atoms with E-state index in [4.69, 9.17) is 5.73 Å². The highest BCUT2D eigenvalue weighted by atomic mass is 15.1. The van der Waals surface area contributed by atoms with Crippen LogP contribution in [0.25, 0.3) is 0 Å². The molecule has 13 heavy (non-hydrogen) atoms. The molecule has 72 valence electrons. The van der Waals surface area contributed by atoms with E-state index in [9.17, 15) is 0 Å². The smallest absolute Gasteiger partial charge is 0.0284 e. The van der Waals surface area contributed by atoms with Gasteiger partial charge in [0.15, 0.2) is 0 Å². The molecule has 0 amide bonds. The number of aromatic amines is 1. The average Bonchev–Trinajstić information content (AvgIpc) is 2.61. The fourth-order valence-corrected chi connectivity index (χ4v) is 1.68. The van der Waals surface area contributed by atoms with Crippen LogP contribution >= 0.6 is 0 Å². The fourth-order valence-electron chi connectivity index (χ4n) is 1.68. The summed E-state index contributed by atoms with van der Waals surface area (Å²) in [5.74, 6) is 0. The van der Waals surface area contributed by atoms with Gasteiger partial charge in [0.05, 0.1) is 0 Å². The first-order chi connectivity index (χ1) is 6.18. The molecule has 0 saturated heterocycles. The second-order valence-corrected chi connectivity index (χ2v) is 4.25. The van der Waals surface area contributed by atoms with Crippen LogP contribution in [0.5, 0.6) is 0 Å². The number of aromatic nitrogens is 1. The van der Waals surface area contributed by atoms with E-state index in [0.29, 0.717) is 0 Å². The summed E-state index contributed by atoms with van der Waals surface area (Å²) < 4.78 is 0. The molecule has 0 aliphatic heterocycles. The zero-order chi connectivity index (χ0) is 9.31. The number of hydrogen-bond acceptors (Lipinski definition) is 2. The Morgan fingerprint density at radius 2 is 2.38 bits per heavy atom. The molecule has 1 aromatic heterocycles. The van der Waals surface area contributed by atoms with Gasteiger partial charge >= 0.3 is 0 Å². The van der Waals surface area contributed by atoms with Crippen molar-refractivity contribution in [2.24, 2.45) is 5.73 Å². The summed E-state index contributed by atoms with van der Waals surface area (Å²) in [5, 5.41) is 0. The molecule has 0 atom stereocenters. The molecular formula is C10H17N3. The molecule has 3 heteroatoms. The normalized spacial score (nSPS) is 19.3. The van der Waals surface area contributed by atoms with Gasteiger partial charge in [0.2, 0.25) is 0 Å². The summed E-state index contributed by atoms with van der Waals surface area (Å²) in [6, 6.07) is 2.10. The monoisotopic (exact) mass is 179 g/mol. The quantitative estimate of drug-likeness (QED) is 0.722. The largest absolute Gasteiger partial charge is 0.367 e. The maximum Gasteiger partial charge on any atom is 0.0284 e. The summed E-state index contributed by atoms with van der Waals surface area (Å²) in [7, 11) is 2.12. The van der Waals surface area contributed by atoms with Crippen molar-refractivity contribution in [2.45, 2.75) is 24.9 Å². The first-order valence-electron chi connectivity index (χ1n) is 4.77. The summed E-state index contributed by atoms with van der Waals surface area (Å²) in [4.78, 5) is 5.34. The van der Waals surface area contributed by atoms with Crippen LogP contribution in [0, 0.1) is 0 Å². The van der Waals surface area contributed by atoms with Gasteiger partial charge < -0.3 is 15.6 Å². The third-order valence-electron chi connectivity index (χ3n) is 2.59. The van der Waals surface area contributed by atoms with E-state index in [1.807, 2.05) is 12.4 Å². The molecule has 0 aromatic carbocycles. The molecule has 1 saturated carbocycles. The maximum atomic E-state index is 6.03. The Bertz CT molecular complexity index is 262. The molecule has 0 spiro atoms. The Hall–Kier alpha value is -0.800. The highest BCUT2D eigenvalue weighted by Gasteiger charge is 2.38. The first-order valence-corrected chi connectivity index (χ1v) is 4.77. The number of nitrogens with two attached hydrogens (primary N) is 1. The maximum absolute atomic E-state index is 6.03. The second kappa shape index (κ2) is 3.16. The predicted molar refractivity (Wildman–Crippen MR) is 53.3 cm³/mol. The highest BCUT2D eigenvalue weighted by molar-refractivity contribution is 5.09. The van der Waals surface area contributed by atoms with Crippen LogP contribution < -0.4 is 5.73 Å². The van der Waals surface area contributed by atoms with Crippen molar-refractivity contribution in [2.75, 3.05) is 13.6 Å². The number of hydrogen-bond donors (Lipinski definition) is 2. The van der Waals surface area contributed by atoms with E-state index in [2.05, 4.69) is 23.0 Å². The van der Waals surface area contributed by atoms with Crippen molar-refractivity contribution in [1.29, 1.82) is 0 Å². The van der Waals surface area contributed by atoms with E-state index in [-0.39, 0.29) is 5.54 Å². The van der Waals surface area contributed by atoms with Gasteiger partial charge in [-0.2, -0.15) is 0 Å². The van der Waals surface area contributed by atoms with E-state index in [0.717, 1.165) is 13.1 Å². The lowest BCUT2D eigenvalue weighted by Gasteiger charge is -2.19. The van der Waals surface area contributed by atoms with Crippen LogP contribution in [-0.4, -0.2) is 29.0 Å². The third-order valence-corrected chi connectivity index (χ3v) is 2.59. The van der Waals surface area contributed by atoms with E-state index < -0.39 is 0 Å². The van der Waals surface area contributed by atoms with E-state index in [1.165, 1.54) is 18.4 Å². The molecule has 1 fully saturated rings. The Balaban J connectivity index is 1.81. The Morgan fingerprint density at radius 1 is 1.62 bits per heavy atom. The molecule has 3 N–H and O–H groups in total. The standard InChI is InChI=1S/C10H17N3/c1-13(8-10(11)3-4-10)7-9-2-5-12-6-9/h2,5-6,12H,3-4,7-8,11H2,1H3. The highest BCUT2D eigenvalue weighted by Crippen LogP contribution is 2.32. The molecule has 3 nitrogen and oxygen atoms in total. The number of nitrogens with zero attached hydrogens (tertiary/aromatic N) is 1. The van der Waals surface area contributed by atoms with E-state index >= 15 is 0 Å². The average molecular weight is 179 g/mol. The zero-order valence-corrected chi connectivity index (χ0v) is 8.09. The third kappa shape index (κ3) is 2.32. The van der Waals surface area contributed by atoms with Crippen LogP contribution in [0.3, 0.4) is 0 Å². The minimum Gasteiger partial charge on any atom is -0.367 e. The van der Waals surface area contributed by atoms with Gasteiger partial charge in [0.1, 0.15) is 0 Å². The van der Waals surface area contributed by atoms with Gasteiger partial charge in [-0.15, -0.1) is 0 Å². The van der Waals surface area contributed by atoms with Gasteiger partial charge in [-0.25, -0.2) is 0 Å². The Morgan fingerprint density at radius 3 is 2.92 bits per heavy atom. The molecule has 0 bridgehead atoms. The number of H-pyrrole nitrogens is 1. The van der Waals surface area contributed by atoms with Crippen LogP contribution in [0.4, 0.5) is 0 Å². The van der Waals surface area contributed by atoms with Gasteiger partial charge in [-0.3, -0.25) is 0 Å². The topological polar surface area (TPSA) is 45.0 Å². The van der Waals surface area contributed by atoms with Crippen LogP contribution in [0.2, 0.25) is 0 Å². The van der Waals surface area contributed by atoms with Gasteiger partial charge in [0, 0.05) is 31.0 Å². The summed E-state index contributed by atoms with van der Waals surface area (Å²) in [6.45, 7) is 2.00. The van der Waals surface area contributed by atoms with Gasteiger partial charge in [-0.05, 0) is 31.5 Å². The Labute approximate surface area is 78.9 Å². The van der Waals surface area contributed by atoms with Crippen molar-refractivity contribution >= 4 is 0 Å². The molecule has 2 rings (SSSR count). The minimum absolute atomic E-state index is 0.130. The summed E-state index contributed by atoms with van der Waals surface area (Å²) in [6.07, 6.45) is 6.36. The molecule has 1 heterocycles. The van der Waals surface area contributed by atoms with Crippen LogP contribution in [-0.2, 0) is 6.54 Å². The molecule has 1 aliphatic carbocycles. The van der Waals surface area contributed by atoms with Crippen LogP contribution in [0.1, 0.15) is 18.4 Å². The predicted octanol–water partition coefficient (Wildman–Crippen LogP) is 0.938. The molecule has 0 radical (unpaired) electrons. The van der Waals surface area contributed by atoms with Crippen molar-refractivity contribution in [3.8, 4) is 0 Å². The molecule has 0 unspecified atom stereocenters. The number of nitrogens with one attached hydrogen (secondary N) is 1. The second-order valence-electron chi connectivity index (χ2n) is 4.25. The van der Waals surface area contributed by atoms with Gasteiger partial charge in [0.25, 0.3) is 0 Å². The molecule has 1 aromatic rings. The lowest BCUT2D eigenvalue weighted by molar-refractivity contribution is 0.296. The lowest BCUT2D eigenvalue weighted by atomic mass is 10.2. The minimum atomic E-state index is 0.130. The van der Waals surface area contributed by atoms with Gasteiger partial charge in [-0.1, -0.05) is 0 Å². The first kappa shape index (κ1) is 8.78. The van der Waals surface area contributed by atoms with Crippen molar-refractivity contribution in [3.05, 3.63) is 24.0 Å². The lowest BCUT2D eigenvalue weighted by Crippen LogP contribution is -2.36. The van der Waals surface area contributed by atoms with E-state index in [1.54, 1.807) is 0 Å². The SMILES string of the molecule is CN(Cc1cc[nH]c1)CC1(N)CC1. The Kier molecular flexibility index (Phi) is 2.14. The fraction of sp³-hybridized carbons (Fsp3) is 0.600. The molecular weight excluding hydrogens is 162 g/mol. The number of likely N-dealkylation sites (N-methyl/N-ethyl adjacent to an activating group) is 1. The summed E-state index contributed by atoms with van der Waals surface area (Å²) >= 11 is 0. The summed E-state index contributed by atoms with van der Waals surface area (Å²) in [5.41, 5.74) is 7.48. The van der Waals surface area contributed by atoms with Crippen molar-refractivity contribution < 1.29 is 0 Å². The molecule has 1 aliphatic rings. The zero-order valence-electron chi connectivity index (χ0n) is 8.09. The van der Waals surface area contributed by atoms with Crippen molar-refractivity contribution in [3.63, 3.8) is 0 Å². The van der Waals surface area contributed by atoms with Crippen molar-refractivity contribution in [1.82, 2.24) is 9.88 Å².